The van der Waals surface area contributed by atoms with E-state index in [0.29, 0.717) is 56.0 Å². The van der Waals surface area contributed by atoms with Crippen molar-refractivity contribution in [3.05, 3.63) is 134 Å². The first-order chi connectivity index (χ1) is 24.7. The van der Waals surface area contributed by atoms with Gasteiger partial charge in [-0.25, -0.2) is 0 Å². The Kier molecular flexibility index (Phi) is 12.0. The molecular weight excluding hydrogens is 725 g/mol. The summed E-state index contributed by atoms with van der Waals surface area (Å²) >= 11 is 15.0. The van der Waals surface area contributed by atoms with Gasteiger partial charge in [0.15, 0.2) is 4.34 Å². The lowest BCUT2D eigenvalue weighted by molar-refractivity contribution is -0.132. The minimum Gasteiger partial charge on any atom is -0.507 e. The Morgan fingerprint density at radius 3 is 2.39 bits per heavy atom. The van der Waals surface area contributed by atoms with Gasteiger partial charge in [-0.3, -0.25) is 14.5 Å². The lowest BCUT2D eigenvalue weighted by atomic mass is 9.95. The maximum Gasteiger partial charge on any atom is 0.301 e. The SMILES string of the molecule is CCCCCOc1ccc(C2C(=C(O)c3ccc(OCc4cccc(C)c4)cc3)C(=O)C(=O)N2c2nnc(SCc3ccc(Cl)cc3Cl)s2)cc1. The van der Waals surface area contributed by atoms with Crippen LogP contribution < -0.4 is 14.4 Å². The predicted octanol–water partition coefficient (Wildman–Crippen LogP) is 10.2. The van der Waals surface area contributed by atoms with Crippen LogP contribution in [0.3, 0.4) is 0 Å². The van der Waals surface area contributed by atoms with E-state index in [4.69, 9.17) is 32.7 Å². The highest BCUT2D eigenvalue weighted by atomic mass is 35.5. The summed E-state index contributed by atoms with van der Waals surface area (Å²) in [5.41, 5.74) is 3.96. The third-order valence-corrected chi connectivity index (χ3v) is 10.9. The molecule has 1 aromatic heterocycles. The summed E-state index contributed by atoms with van der Waals surface area (Å²) in [4.78, 5) is 28.8. The first-order valence-electron chi connectivity index (χ1n) is 16.4. The maximum atomic E-state index is 13.8. The van der Waals surface area contributed by atoms with Crippen LogP contribution in [0.2, 0.25) is 10.0 Å². The third-order valence-electron chi connectivity index (χ3n) is 8.24. The number of nitrogens with zero attached hydrogens (tertiary/aromatic N) is 3. The van der Waals surface area contributed by atoms with Gasteiger partial charge in [0, 0.05) is 21.4 Å². The van der Waals surface area contributed by atoms with Crippen LogP contribution in [0.1, 0.15) is 60.0 Å². The molecule has 51 heavy (non-hydrogen) atoms. The number of thioether (sulfide) groups is 1. The van der Waals surface area contributed by atoms with Crippen molar-refractivity contribution in [3.63, 3.8) is 0 Å². The van der Waals surface area contributed by atoms with Crippen LogP contribution in [0.25, 0.3) is 5.76 Å². The molecule has 8 nitrogen and oxygen atoms in total. The number of rotatable bonds is 14. The molecule has 0 aliphatic carbocycles. The van der Waals surface area contributed by atoms with E-state index < -0.39 is 17.7 Å². The molecule has 5 aromatic rings. The molecule has 1 aliphatic heterocycles. The zero-order valence-corrected chi connectivity index (χ0v) is 31.1. The summed E-state index contributed by atoms with van der Waals surface area (Å²) in [6.07, 6.45) is 3.10. The van der Waals surface area contributed by atoms with Crippen molar-refractivity contribution in [2.45, 2.75) is 55.9 Å². The average molecular weight is 761 g/mol. The Labute approximate surface area is 315 Å². The van der Waals surface area contributed by atoms with Crippen molar-refractivity contribution in [2.75, 3.05) is 11.5 Å². The molecule has 6 rings (SSSR count). The fourth-order valence-corrected chi connectivity index (χ4v) is 8.03. The highest BCUT2D eigenvalue weighted by Gasteiger charge is 2.48. The summed E-state index contributed by atoms with van der Waals surface area (Å²) < 4.78 is 12.4. The minimum absolute atomic E-state index is 0.0533. The fraction of sp³-hybridized carbons (Fsp3) is 0.231. The van der Waals surface area contributed by atoms with Crippen LogP contribution in [-0.4, -0.2) is 33.6 Å². The van der Waals surface area contributed by atoms with E-state index in [2.05, 4.69) is 23.2 Å². The van der Waals surface area contributed by atoms with Gasteiger partial charge in [-0.05, 0) is 78.6 Å². The molecule has 0 spiro atoms. The Hall–Kier alpha value is -4.35. The molecule has 4 aromatic carbocycles. The van der Waals surface area contributed by atoms with Crippen LogP contribution in [0.5, 0.6) is 11.5 Å². The van der Waals surface area contributed by atoms with Gasteiger partial charge in [0.1, 0.15) is 23.9 Å². The van der Waals surface area contributed by atoms with Gasteiger partial charge in [0.05, 0.1) is 18.2 Å². The summed E-state index contributed by atoms with van der Waals surface area (Å²) in [5.74, 6) is -0.177. The zero-order valence-electron chi connectivity index (χ0n) is 28.0. The van der Waals surface area contributed by atoms with Crippen molar-refractivity contribution >= 4 is 68.9 Å². The Morgan fingerprint density at radius 2 is 1.67 bits per heavy atom. The lowest BCUT2D eigenvalue weighted by Gasteiger charge is -2.22. The van der Waals surface area contributed by atoms with Crippen molar-refractivity contribution in [1.29, 1.82) is 0 Å². The number of carbonyl (C=O) groups is 2. The topological polar surface area (TPSA) is 102 Å². The maximum absolute atomic E-state index is 13.8. The molecule has 0 radical (unpaired) electrons. The average Bonchev–Trinajstić information content (AvgIpc) is 3.70. The molecule has 2 heterocycles. The number of aliphatic hydroxyl groups is 1. The van der Waals surface area contributed by atoms with Gasteiger partial charge >= 0.3 is 5.91 Å². The predicted molar refractivity (Wildman–Crippen MR) is 204 cm³/mol. The number of aromatic nitrogens is 2. The van der Waals surface area contributed by atoms with Crippen molar-refractivity contribution in [3.8, 4) is 11.5 Å². The number of hydrogen-bond donors (Lipinski definition) is 1. The monoisotopic (exact) mass is 759 g/mol. The quantitative estimate of drug-likeness (QED) is 0.0298. The van der Waals surface area contributed by atoms with Crippen molar-refractivity contribution in [1.82, 2.24) is 10.2 Å². The van der Waals surface area contributed by atoms with Gasteiger partial charge in [0.25, 0.3) is 5.78 Å². The number of amides is 1. The standard InChI is InChI=1S/C39H35Cl2N3O5S2/c1-3-4-5-19-48-30-15-10-26(11-16-30)34-33(35(45)27-12-17-31(18-13-27)49-22-25-8-6-7-24(2)20-25)36(46)37(47)44(34)38-42-43-39(51-38)50-23-28-9-14-29(40)21-32(28)41/h6-18,20-21,34,45H,3-5,19,22-23H2,1-2H3. The summed E-state index contributed by atoms with van der Waals surface area (Å²) in [6.45, 7) is 5.13. The van der Waals surface area contributed by atoms with Gasteiger partial charge in [-0.15, -0.1) is 10.2 Å². The fourth-order valence-electron chi connectivity index (χ4n) is 5.60. The molecule has 1 unspecified atom stereocenters. The normalized spacial score (nSPS) is 15.4. The van der Waals surface area contributed by atoms with Crippen LogP contribution in [0.4, 0.5) is 5.13 Å². The summed E-state index contributed by atoms with van der Waals surface area (Å²) in [6, 6.07) is 26.4. The number of aryl methyl sites for hydroxylation is 1. The molecule has 0 saturated carbocycles. The molecule has 1 saturated heterocycles. The zero-order chi connectivity index (χ0) is 35.9. The molecule has 1 aliphatic rings. The second kappa shape index (κ2) is 16.8. The van der Waals surface area contributed by atoms with E-state index in [9.17, 15) is 14.7 Å². The highest BCUT2D eigenvalue weighted by Crippen LogP contribution is 2.44. The van der Waals surface area contributed by atoms with Crippen molar-refractivity contribution in [2.24, 2.45) is 0 Å². The highest BCUT2D eigenvalue weighted by molar-refractivity contribution is 8.00. The van der Waals surface area contributed by atoms with E-state index >= 15 is 0 Å². The molecule has 0 bridgehead atoms. The number of benzene rings is 4. The third kappa shape index (κ3) is 8.76. The smallest absolute Gasteiger partial charge is 0.301 e. The number of carbonyl (C=O) groups excluding carboxylic acids is 2. The van der Waals surface area contributed by atoms with Gasteiger partial charge in [-0.1, -0.05) is 114 Å². The van der Waals surface area contributed by atoms with E-state index in [-0.39, 0.29) is 16.5 Å². The second-order valence-electron chi connectivity index (χ2n) is 12.0. The molecule has 262 valence electrons. The molecule has 1 atom stereocenters. The largest absolute Gasteiger partial charge is 0.507 e. The lowest BCUT2D eigenvalue weighted by Crippen LogP contribution is -2.29. The first kappa shape index (κ1) is 36.4. The van der Waals surface area contributed by atoms with Crippen LogP contribution in [0, 0.1) is 6.92 Å². The van der Waals surface area contributed by atoms with E-state index in [1.54, 1.807) is 60.7 Å². The molecular formula is C39H35Cl2N3O5S2. The number of Topliss-reactive ketones (excluding diaryl/α,β-unsaturated/α-hetero) is 1. The first-order valence-corrected chi connectivity index (χ1v) is 19.0. The van der Waals surface area contributed by atoms with E-state index in [1.807, 2.05) is 31.2 Å². The molecule has 1 fully saturated rings. The Bertz CT molecular complexity index is 2050. The number of unbranched alkanes of at least 4 members (excludes halogenated alkanes) is 2. The van der Waals surface area contributed by atoms with Crippen LogP contribution >= 0.6 is 46.3 Å². The molecule has 1 N–H and O–H groups in total. The number of anilines is 1. The summed E-state index contributed by atoms with van der Waals surface area (Å²) in [5, 5.41) is 21.6. The van der Waals surface area contributed by atoms with Gasteiger partial charge < -0.3 is 14.6 Å². The Morgan fingerprint density at radius 1 is 0.922 bits per heavy atom. The summed E-state index contributed by atoms with van der Waals surface area (Å²) in [7, 11) is 0. The van der Waals surface area contributed by atoms with E-state index in [1.165, 1.54) is 28.0 Å². The minimum atomic E-state index is -0.965. The number of aliphatic hydroxyl groups excluding tert-OH is 1. The number of ketones is 1. The number of ether oxygens (including phenoxy) is 2. The number of halogens is 2. The second-order valence-corrected chi connectivity index (χ2v) is 15.0. The van der Waals surface area contributed by atoms with Crippen molar-refractivity contribution < 1.29 is 24.2 Å². The van der Waals surface area contributed by atoms with Crippen LogP contribution in [0.15, 0.2) is 101 Å². The van der Waals surface area contributed by atoms with Gasteiger partial charge in [-0.2, -0.15) is 0 Å². The van der Waals surface area contributed by atoms with Gasteiger partial charge in [0.2, 0.25) is 5.13 Å². The number of hydrogen-bond acceptors (Lipinski definition) is 9. The van der Waals surface area contributed by atoms with E-state index in [0.717, 1.165) is 36.0 Å². The Balaban J connectivity index is 1.29. The molecule has 1 amide bonds. The molecule has 12 heteroatoms. The van der Waals surface area contributed by atoms with Crippen LogP contribution in [-0.2, 0) is 21.9 Å².